The molecule has 1 aromatic carbocycles. The predicted octanol–water partition coefficient (Wildman–Crippen LogP) is 6.70. The summed E-state index contributed by atoms with van der Waals surface area (Å²) in [6.07, 6.45) is 12.1. The van der Waals surface area contributed by atoms with E-state index >= 15 is 0 Å². The van der Waals surface area contributed by atoms with Gasteiger partial charge in [-0.25, -0.2) is 4.99 Å². The van der Waals surface area contributed by atoms with Crippen LogP contribution in [0.5, 0.6) is 0 Å². The maximum Gasteiger partial charge on any atom is 0.265 e. The fourth-order valence-corrected chi connectivity index (χ4v) is 2.87. The molecule has 0 aliphatic carbocycles. The van der Waals surface area contributed by atoms with E-state index in [4.69, 9.17) is 0 Å². The van der Waals surface area contributed by atoms with Gasteiger partial charge in [0.1, 0.15) is 5.71 Å². The Morgan fingerprint density at radius 3 is 2.29 bits per heavy atom. The van der Waals surface area contributed by atoms with Crippen LogP contribution in [0, 0.1) is 0 Å². The third kappa shape index (κ3) is 8.55. The summed E-state index contributed by atoms with van der Waals surface area (Å²) in [5.41, 5.74) is 4.16. The summed E-state index contributed by atoms with van der Waals surface area (Å²) in [5, 5.41) is 3.10. The van der Waals surface area contributed by atoms with Crippen LogP contribution in [-0.4, -0.2) is 16.6 Å². The van der Waals surface area contributed by atoms with E-state index in [0.717, 1.165) is 28.8 Å². The largest absolute Gasteiger partial charge is 0.344 e. The first kappa shape index (κ1) is 25.8. The van der Waals surface area contributed by atoms with Gasteiger partial charge in [-0.2, -0.15) is 0 Å². The Morgan fingerprint density at radius 1 is 1.06 bits per heavy atom. The van der Waals surface area contributed by atoms with Crippen molar-refractivity contribution in [1.29, 1.82) is 0 Å². The minimum atomic E-state index is -0.169. The number of carbonyl (C=O) groups is 1. The van der Waals surface area contributed by atoms with E-state index in [0.29, 0.717) is 5.71 Å². The van der Waals surface area contributed by atoms with Crippen LogP contribution in [0.1, 0.15) is 65.1 Å². The highest BCUT2D eigenvalue weighted by Gasteiger charge is 2.15. The molecule has 164 valence electrons. The van der Waals surface area contributed by atoms with E-state index in [1.807, 2.05) is 94.5 Å². The molecule has 0 aliphatic heterocycles. The number of allylic oxidation sites excluding steroid dienone is 5. The zero-order valence-electron chi connectivity index (χ0n) is 19.6. The van der Waals surface area contributed by atoms with Gasteiger partial charge in [-0.3, -0.25) is 9.78 Å². The molecule has 31 heavy (non-hydrogen) atoms. The van der Waals surface area contributed by atoms with Crippen LogP contribution in [0.4, 0.5) is 0 Å². The Labute approximate surface area is 187 Å². The second-order valence-electron chi connectivity index (χ2n) is 6.69. The predicted molar refractivity (Wildman–Crippen MR) is 133 cm³/mol. The van der Waals surface area contributed by atoms with Crippen molar-refractivity contribution in [3.63, 3.8) is 0 Å². The Morgan fingerprint density at radius 2 is 1.71 bits per heavy atom. The number of nitrogens with zero attached hydrogens (tertiary/aromatic N) is 2. The number of aromatic nitrogens is 1. The first-order valence-corrected chi connectivity index (χ1v) is 10.9. The lowest BCUT2D eigenvalue weighted by molar-refractivity contribution is -0.115. The molecule has 1 amide bonds. The van der Waals surface area contributed by atoms with Gasteiger partial charge in [0.15, 0.2) is 0 Å². The van der Waals surface area contributed by atoms with Gasteiger partial charge in [-0.1, -0.05) is 75.4 Å². The van der Waals surface area contributed by atoms with Gasteiger partial charge in [-0.05, 0) is 50.5 Å². The highest BCUT2D eigenvalue weighted by molar-refractivity contribution is 6.38. The number of amides is 1. The number of benzene rings is 1. The van der Waals surface area contributed by atoms with Crippen LogP contribution >= 0.6 is 0 Å². The monoisotopic (exact) mass is 417 g/mol. The lowest BCUT2D eigenvalue weighted by atomic mass is 10.0. The number of hydrogen-bond donors (Lipinski definition) is 1. The van der Waals surface area contributed by atoms with Crippen molar-refractivity contribution in [3.05, 3.63) is 95.9 Å². The fourth-order valence-electron chi connectivity index (χ4n) is 2.87. The molecule has 0 saturated heterocycles. The zero-order valence-corrected chi connectivity index (χ0v) is 19.6. The van der Waals surface area contributed by atoms with Crippen molar-refractivity contribution in [2.45, 2.75) is 54.0 Å². The molecule has 1 unspecified atom stereocenters. The van der Waals surface area contributed by atoms with Gasteiger partial charge < -0.3 is 5.32 Å². The second kappa shape index (κ2) is 14.7. The van der Waals surface area contributed by atoms with Gasteiger partial charge in [0.2, 0.25) is 0 Å². The molecule has 1 heterocycles. The van der Waals surface area contributed by atoms with Gasteiger partial charge in [-0.15, -0.1) is 0 Å². The summed E-state index contributed by atoms with van der Waals surface area (Å²) < 4.78 is 0. The van der Waals surface area contributed by atoms with Gasteiger partial charge in [0, 0.05) is 18.0 Å². The molecule has 0 bridgehead atoms. The maximum atomic E-state index is 12.8. The number of pyridine rings is 1. The average Bonchev–Trinajstić information content (AvgIpc) is 2.83. The van der Waals surface area contributed by atoms with Gasteiger partial charge >= 0.3 is 0 Å². The highest BCUT2D eigenvalue weighted by atomic mass is 16.1. The van der Waals surface area contributed by atoms with Crippen molar-refractivity contribution in [1.82, 2.24) is 10.3 Å². The molecule has 4 heteroatoms. The SMILES string of the molecule is CC.C\C=C/C=C\C(C)=C(\N=C(C)C(=O)NC(CC)c1ccccc1)c1ccncc1. The minimum absolute atomic E-state index is 0.0436. The molecular formula is C27H35N3O. The van der Waals surface area contributed by atoms with Crippen molar-refractivity contribution in [2.24, 2.45) is 4.99 Å². The van der Waals surface area contributed by atoms with Crippen molar-refractivity contribution in [2.75, 3.05) is 0 Å². The first-order chi connectivity index (χ1) is 15.1. The van der Waals surface area contributed by atoms with E-state index in [1.54, 1.807) is 19.3 Å². The Kier molecular flexibility index (Phi) is 12.2. The number of hydrogen-bond acceptors (Lipinski definition) is 3. The van der Waals surface area contributed by atoms with Crippen LogP contribution < -0.4 is 5.32 Å². The molecule has 1 aromatic heterocycles. The summed E-state index contributed by atoms with van der Waals surface area (Å²) in [6, 6.07) is 13.7. The lowest BCUT2D eigenvalue weighted by Gasteiger charge is -2.17. The topological polar surface area (TPSA) is 54.4 Å². The maximum absolute atomic E-state index is 12.8. The molecular weight excluding hydrogens is 382 g/mol. The quantitative estimate of drug-likeness (QED) is 0.384. The molecule has 0 fully saturated rings. The molecule has 1 atom stereocenters. The standard InChI is InChI=1S/C25H29N3O.C2H6/c1-5-7-9-12-19(3)24(22-15-17-26-18-16-22)27-20(4)25(29)28-23(6-2)21-13-10-8-11-14-21;1-2/h5,7-18,23H,6H2,1-4H3,(H,28,29);1-2H3/b7-5-,12-9-,24-19+,27-20?;. The van der Waals surface area contributed by atoms with Crippen LogP contribution in [-0.2, 0) is 4.79 Å². The van der Waals surface area contributed by atoms with E-state index in [2.05, 4.69) is 22.2 Å². The molecule has 2 rings (SSSR count). The van der Waals surface area contributed by atoms with Crippen molar-refractivity contribution < 1.29 is 4.79 Å². The minimum Gasteiger partial charge on any atom is -0.344 e. The summed E-state index contributed by atoms with van der Waals surface area (Å²) >= 11 is 0. The molecule has 1 N–H and O–H groups in total. The van der Waals surface area contributed by atoms with Crippen LogP contribution in [0.3, 0.4) is 0 Å². The van der Waals surface area contributed by atoms with Crippen LogP contribution in [0.25, 0.3) is 5.70 Å². The summed E-state index contributed by atoms with van der Waals surface area (Å²) in [5.74, 6) is -0.169. The van der Waals surface area contributed by atoms with Crippen LogP contribution in [0.15, 0.2) is 89.7 Å². The molecule has 0 spiro atoms. The average molecular weight is 418 g/mol. The molecule has 0 aliphatic rings. The number of nitrogens with one attached hydrogen (secondary N) is 1. The van der Waals surface area contributed by atoms with E-state index in [-0.39, 0.29) is 11.9 Å². The molecule has 0 saturated carbocycles. The van der Waals surface area contributed by atoms with Crippen molar-refractivity contribution >= 4 is 17.3 Å². The normalized spacial score (nSPS) is 13.4. The van der Waals surface area contributed by atoms with E-state index in [1.165, 1.54) is 0 Å². The van der Waals surface area contributed by atoms with Gasteiger partial charge in [0.25, 0.3) is 5.91 Å². The summed E-state index contributed by atoms with van der Waals surface area (Å²) in [7, 11) is 0. The van der Waals surface area contributed by atoms with Crippen molar-refractivity contribution in [3.8, 4) is 0 Å². The van der Waals surface area contributed by atoms with Gasteiger partial charge in [0.05, 0.1) is 11.7 Å². The third-order valence-electron chi connectivity index (χ3n) is 4.50. The number of carbonyl (C=O) groups excluding carboxylic acids is 1. The Bertz CT molecular complexity index is 910. The smallest absolute Gasteiger partial charge is 0.265 e. The second-order valence-corrected chi connectivity index (χ2v) is 6.69. The number of aliphatic imine (C=N–C) groups is 1. The third-order valence-corrected chi connectivity index (χ3v) is 4.50. The Hall–Kier alpha value is -3.27. The van der Waals surface area contributed by atoms with Crippen LogP contribution in [0.2, 0.25) is 0 Å². The van der Waals surface area contributed by atoms with E-state index < -0.39 is 0 Å². The lowest BCUT2D eigenvalue weighted by Crippen LogP contribution is -2.33. The number of rotatable bonds is 8. The Balaban J connectivity index is 0.00000233. The van der Waals surface area contributed by atoms with E-state index in [9.17, 15) is 4.79 Å². The zero-order chi connectivity index (χ0) is 23.1. The first-order valence-electron chi connectivity index (χ1n) is 10.9. The molecule has 2 aromatic rings. The fraction of sp³-hybridized carbons (Fsp3) is 0.296. The highest BCUT2D eigenvalue weighted by Crippen LogP contribution is 2.21. The summed E-state index contributed by atoms with van der Waals surface area (Å²) in [6.45, 7) is 11.8. The summed E-state index contributed by atoms with van der Waals surface area (Å²) in [4.78, 5) is 21.6. The molecule has 0 radical (unpaired) electrons. The molecule has 4 nitrogen and oxygen atoms in total.